The van der Waals surface area contributed by atoms with Gasteiger partial charge in [0.25, 0.3) is 0 Å². The van der Waals surface area contributed by atoms with Gasteiger partial charge in [-0.05, 0) is 167 Å². The summed E-state index contributed by atoms with van der Waals surface area (Å²) in [5.74, 6) is 1.80. The van der Waals surface area contributed by atoms with Crippen molar-refractivity contribution in [1.29, 1.82) is 0 Å². The maximum Gasteiger partial charge on any atom is 0.186 e. The van der Waals surface area contributed by atoms with Crippen molar-refractivity contribution >= 4 is 136 Å². The Bertz CT molecular complexity index is 4590. The monoisotopic (exact) mass is 1140 g/mol. The molecule has 8 nitrogen and oxygen atoms in total. The molecule has 6 aromatic heterocycles. The van der Waals surface area contributed by atoms with Crippen LogP contribution in [0.25, 0.3) is 99.1 Å². The van der Waals surface area contributed by atoms with E-state index in [1.807, 2.05) is 12.4 Å². The average molecular weight is 1140 g/mol. The third-order valence-corrected chi connectivity index (χ3v) is 47.6. The van der Waals surface area contributed by atoms with Gasteiger partial charge in [0.05, 0.1) is 78.1 Å². The van der Waals surface area contributed by atoms with Crippen molar-refractivity contribution in [3.05, 3.63) is 130 Å². The Morgan fingerprint density at radius 3 is 1.54 bits per heavy atom. The number of rotatable bonds is 8. The summed E-state index contributed by atoms with van der Waals surface area (Å²) in [6.07, 6.45) is 8.26. The van der Waals surface area contributed by atoms with Crippen molar-refractivity contribution in [3.63, 3.8) is 0 Å². The predicted octanol–water partition coefficient (Wildman–Crippen LogP) is 16.9. The molecular weight excluding hydrogens is 1070 g/mol. The zero-order valence-electron chi connectivity index (χ0n) is 51.0. The minimum atomic E-state index is -2.77. The number of para-hydroxylation sites is 2. The molecule has 0 amide bonds. The smallest absolute Gasteiger partial charge is 0.186 e. The van der Waals surface area contributed by atoms with Gasteiger partial charge < -0.3 is 27.4 Å². The molecule has 0 radical (unpaired) electrons. The molecular formula is C69H77N4O4SSi3. The van der Waals surface area contributed by atoms with E-state index in [0.717, 1.165) is 79.5 Å². The number of hydrogen-bond acceptors (Lipinski definition) is 6. The summed E-state index contributed by atoms with van der Waals surface area (Å²) in [4.78, 5) is 11.5. The van der Waals surface area contributed by atoms with Gasteiger partial charge in [-0.1, -0.05) is 81.6 Å². The normalized spacial score (nSPS) is 16.8. The average Bonchev–Trinajstić information content (AvgIpc) is 2.18. The second kappa shape index (κ2) is 18.5. The minimum Gasteiger partial charge on any atom is -0.491 e. The van der Waals surface area contributed by atoms with Crippen LogP contribution in [0.4, 0.5) is 0 Å². The van der Waals surface area contributed by atoms with Crippen molar-refractivity contribution in [2.24, 2.45) is 0 Å². The number of furan rings is 2. The summed E-state index contributed by atoms with van der Waals surface area (Å²) in [6, 6.07) is 27.2. The van der Waals surface area contributed by atoms with Gasteiger partial charge in [0.1, 0.15) is 35.5 Å². The number of ether oxygens (including phenoxy) is 2. The lowest BCUT2D eigenvalue weighted by atomic mass is 10.0. The van der Waals surface area contributed by atoms with Gasteiger partial charge in [0.15, 0.2) is 10.5 Å². The molecule has 0 aliphatic carbocycles. The molecule has 0 spiro atoms. The number of fused-ring (bicyclic) bond motifs is 8. The first kappa shape index (κ1) is 53.7. The Kier molecular flexibility index (Phi) is 12.2. The summed E-state index contributed by atoms with van der Waals surface area (Å²) in [5, 5.41) is 11.0. The standard InChI is InChI=1S/C69H77N4O4SSi3/c1-20-40(7)74-46-32-50-54-42(9)63(73-59-37(4)25-23-27-49(59)57-61(73)39(6)29-31-71-57)45(12)69-67(54)76-64(50)52(34-46)78(13)79(14,15)68-44(11)62(72-58-36(3)24-22-26-48(58)56-60(72)38(5)28-30-70-56)43(10)55-51-33-47(75-41(8)21-2)35-53(65(51)77-66(55)68)80(16,17)81(69,18)19/h22-35,40-41H,20-21H2,1-19H3. The number of benzene rings is 6. The highest BCUT2D eigenvalue weighted by Gasteiger charge is 2.50. The molecule has 0 saturated carbocycles. The molecule has 13 rings (SSSR count). The largest absolute Gasteiger partial charge is 0.491 e. The molecule has 0 fully saturated rings. The zero-order valence-corrected chi connectivity index (χ0v) is 54.8. The molecule has 4 bridgehead atoms. The van der Waals surface area contributed by atoms with Crippen molar-refractivity contribution in [2.45, 2.75) is 152 Å². The summed E-state index contributed by atoms with van der Waals surface area (Å²) in [7, 11) is -8.69. The number of aryl methyl sites for hydroxylation is 6. The van der Waals surface area contributed by atoms with Gasteiger partial charge in [-0.3, -0.25) is 9.97 Å². The van der Waals surface area contributed by atoms with Crippen LogP contribution in [-0.4, -0.2) is 60.0 Å². The molecule has 81 heavy (non-hydrogen) atoms. The van der Waals surface area contributed by atoms with Crippen molar-refractivity contribution in [3.8, 4) is 22.9 Å². The number of nitrogens with zero attached hydrogens (tertiary/aromatic N) is 4. The highest BCUT2D eigenvalue weighted by Crippen LogP contribution is 2.48. The van der Waals surface area contributed by atoms with Crippen LogP contribution in [0.3, 0.4) is 0 Å². The van der Waals surface area contributed by atoms with Crippen LogP contribution in [0.5, 0.6) is 11.5 Å². The van der Waals surface area contributed by atoms with Crippen LogP contribution in [0.15, 0.2) is 98.9 Å². The lowest BCUT2D eigenvalue weighted by Crippen LogP contribution is -2.69. The van der Waals surface area contributed by atoms with Gasteiger partial charge in [0, 0.05) is 50.8 Å². The van der Waals surface area contributed by atoms with E-state index in [1.54, 1.807) is 0 Å². The Morgan fingerprint density at radius 2 is 1.01 bits per heavy atom. The van der Waals surface area contributed by atoms with Crippen LogP contribution in [0.2, 0.25) is 39.3 Å². The van der Waals surface area contributed by atoms with E-state index in [2.05, 4.69) is 211 Å². The van der Waals surface area contributed by atoms with Gasteiger partial charge in [-0.2, -0.15) is 10.3 Å². The molecule has 3 unspecified atom stereocenters. The maximum absolute atomic E-state index is 8.00. The van der Waals surface area contributed by atoms with Crippen LogP contribution in [-0.2, 0) is 10.3 Å². The number of hydrogen-bond donors (Lipinski definition) is 0. The fourth-order valence-electron chi connectivity index (χ4n) is 14.5. The Labute approximate surface area is 481 Å². The molecule has 0 saturated heterocycles. The highest BCUT2D eigenvalue weighted by atomic mass is 32.4. The predicted molar refractivity (Wildman–Crippen MR) is 353 cm³/mol. The highest BCUT2D eigenvalue weighted by molar-refractivity contribution is 8.27. The molecule has 1 aliphatic rings. The fourth-order valence-corrected chi connectivity index (χ4v) is 31.3. The Hall–Kier alpha value is -6.58. The first-order valence-electron chi connectivity index (χ1n) is 29.2. The lowest BCUT2D eigenvalue weighted by molar-refractivity contribution is 0.217. The third kappa shape index (κ3) is 7.31. The maximum atomic E-state index is 8.00. The Balaban J connectivity index is 1.26. The van der Waals surface area contributed by atoms with E-state index in [9.17, 15) is 0 Å². The third-order valence-electron chi connectivity index (χ3n) is 19.8. The summed E-state index contributed by atoms with van der Waals surface area (Å²) in [6.45, 7) is 43.0. The van der Waals surface area contributed by atoms with Crippen LogP contribution >= 0.6 is 0 Å². The van der Waals surface area contributed by atoms with E-state index < -0.39 is 32.8 Å². The number of pyridine rings is 2. The molecule has 12 aromatic rings. The molecule has 0 N–H and O–H groups in total. The molecule has 3 atom stereocenters. The summed E-state index contributed by atoms with van der Waals surface area (Å²) >= 11 is 0. The van der Waals surface area contributed by atoms with Gasteiger partial charge in [-0.15, -0.1) is 13.1 Å². The van der Waals surface area contributed by atoms with Crippen molar-refractivity contribution < 1.29 is 18.3 Å². The van der Waals surface area contributed by atoms with Crippen LogP contribution in [0.1, 0.15) is 85.0 Å². The van der Waals surface area contributed by atoms with Crippen molar-refractivity contribution in [1.82, 2.24) is 19.1 Å². The molecule has 7 heterocycles. The number of aromatic nitrogens is 4. The van der Waals surface area contributed by atoms with Gasteiger partial charge >= 0.3 is 0 Å². The lowest BCUT2D eigenvalue weighted by Gasteiger charge is -2.40. The first-order valence-corrected chi connectivity index (χ1v) is 41.6. The minimum absolute atomic E-state index is 0.0159. The molecule has 6 aromatic carbocycles. The molecule has 1 aliphatic heterocycles. The Morgan fingerprint density at radius 1 is 0.543 bits per heavy atom. The van der Waals surface area contributed by atoms with Gasteiger partial charge in [0.2, 0.25) is 0 Å². The topological polar surface area (TPSA) is 80.4 Å². The van der Waals surface area contributed by atoms with E-state index in [4.69, 9.17) is 28.3 Å². The van der Waals surface area contributed by atoms with Gasteiger partial charge in [-0.25, -0.2) is 0 Å². The van der Waals surface area contributed by atoms with E-state index >= 15 is 0 Å². The van der Waals surface area contributed by atoms with E-state index in [0.29, 0.717) is 0 Å². The summed E-state index contributed by atoms with van der Waals surface area (Å²) < 4.78 is 35.3. The van der Waals surface area contributed by atoms with Crippen molar-refractivity contribution in [2.75, 3.05) is 6.26 Å². The van der Waals surface area contributed by atoms with E-state index in [1.165, 1.54) is 109 Å². The zero-order chi connectivity index (χ0) is 57.4. The van der Waals surface area contributed by atoms with E-state index in [-0.39, 0.29) is 12.2 Å². The second-order valence-electron chi connectivity index (χ2n) is 25.4. The first-order chi connectivity index (χ1) is 38.5. The second-order valence-corrected chi connectivity index (χ2v) is 50.3. The van der Waals surface area contributed by atoms with Crippen LogP contribution < -0.4 is 25.0 Å². The van der Waals surface area contributed by atoms with Crippen LogP contribution in [0, 0.1) is 55.4 Å². The molecule has 12 heteroatoms. The summed E-state index contributed by atoms with van der Waals surface area (Å²) in [5.41, 5.74) is 23.0. The quantitative estimate of drug-likeness (QED) is 0.111. The molecule has 415 valence electrons. The SMILES string of the molecule is CCC(C)Oc1cc2c3oc4c(c(C)c(-n5c6c(C)cccc6c6nccc(C)c65)c(C)c4c3c1)[Si](C)(C)[Si](C)(C)c1cc(OC(C)CC)cc3c1oc1c(c(C)c(-n4c5c(C)cccc5c5nccc(C)c54)c(C)c13)[Si-](C)(C)[S+]2C. The fraction of sp³-hybridized carbons (Fsp3) is 0.333.